The van der Waals surface area contributed by atoms with Crippen molar-refractivity contribution in [2.45, 2.75) is 24.9 Å². The molecule has 0 aliphatic heterocycles. The monoisotopic (exact) mass is 294 g/mol. The maximum Gasteiger partial charge on any atom is 0.416 e. The van der Waals surface area contributed by atoms with Crippen LogP contribution in [0, 0.1) is 0 Å². The Kier molecular flexibility index (Phi) is 4.75. The fourth-order valence-corrected chi connectivity index (χ4v) is 2.02. The van der Waals surface area contributed by atoms with E-state index in [1.165, 1.54) is 0 Å². The number of benzene rings is 1. The summed E-state index contributed by atoms with van der Waals surface area (Å²) in [5, 5.41) is 0. The number of alkyl halides is 3. The number of hydrogen-bond donors (Lipinski definition) is 0. The van der Waals surface area contributed by atoms with Crippen LogP contribution in [0.15, 0.2) is 40.8 Å². The van der Waals surface area contributed by atoms with E-state index in [2.05, 4.69) is 4.18 Å². The molecular formula is C12H13F3O3S. The van der Waals surface area contributed by atoms with Gasteiger partial charge in [-0.25, -0.2) is 0 Å². The Morgan fingerprint density at radius 2 is 1.74 bits per heavy atom. The predicted octanol–water partition coefficient (Wildman–Crippen LogP) is 3.38. The van der Waals surface area contributed by atoms with Crippen LogP contribution in [0.25, 0.3) is 0 Å². The highest BCUT2D eigenvalue weighted by atomic mass is 32.2. The van der Waals surface area contributed by atoms with Crippen molar-refractivity contribution in [1.82, 2.24) is 0 Å². The predicted molar refractivity (Wildman–Crippen MR) is 64.0 cm³/mol. The standard InChI is InChI=1S/C12H13F3O3S/c1-9(2)7-8-18-19(16,17)11-5-3-10(4-6-11)12(13,14)15/h3-7H,8H2,1-2H3. The van der Waals surface area contributed by atoms with Gasteiger partial charge in [0.15, 0.2) is 0 Å². The van der Waals surface area contributed by atoms with E-state index >= 15 is 0 Å². The van der Waals surface area contributed by atoms with Crippen molar-refractivity contribution in [2.24, 2.45) is 0 Å². The molecule has 1 rings (SSSR count). The van der Waals surface area contributed by atoms with Gasteiger partial charge in [0.1, 0.15) is 0 Å². The summed E-state index contributed by atoms with van der Waals surface area (Å²) < 4.78 is 64.9. The summed E-state index contributed by atoms with van der Waals surface area (Å²) in [5.41, 5.74) is -0.0293. The molecule has 19 heavy (non-hydrogen) atoms. The molecule has 0 fully saturated rings. The molecule has 1 aromatic rings. The number of rotatable bonds is 4. The van der Waals surface area contributed by atoms with E-state index in [4.69, 9.17) is 0 Å². The Morgan fingerprint density at radius 1 is 1.21 bits per heavy atom. The van der Waals surface area contributed by atoms with Crippen molar-refractivity contribution in [3.05, 3.63) is 41.5 Å². The lowest BCUT2D eigenvalue weighted by Crippen LogP contribution is -2.09. The van der Waals surface area contributed by atoms with Gasteiger partial charge in [-0.1, -0.05) is 11.6 Å². The van der Waals surface area contributed by atoms with E-state index in [-0.39, 0.29) is 11.5 Å². The largest absolute Gasteiger partial charge is 0.416 e. The van der Waals surface area contributed by atoms with Crippen LogP contribution in [0.2, 0.25) is 0 Å². The molecule has 3 nitrogen and oxygen atoms in total. The first-order valence-electron chi connectivity index (χ1n) is 5.33. The Labute approximate surface area is 109 Å². The van der Waals surface area contributed by atoms with Crippen molar-refractivity contribution in [1.29, 1.82) is 0 Å². The Bertz CT molecular complexity index is 553. The normalized spacial score (nSPS) is 12.3. The van der Waals surface area contributed by atoms with E-state index in [9.17, 15) is 21.6 Å². The molecule has 106 valence electrons. The summed E-state index contributed by atoms with van der Waals surface area (Å²) in [5.74, 6) is 0. The summed E-state index contributed by atoms with van der Waals surface area (Å²) in [6.45, 7) is 3.40. The molecule has 7 heteroatoms. The van der Waals surface area contributed by atoms with Crippen LogP contribution < -0.4 is 0 Å². The van der Waals surface area contributed by atoms with Gasteiger partial charge in [0.25, 0.3) is 10.1 Å². The molecule has 0 atom stereocenters. The van der Waals surface area contributed by atoms with Crippen LogP contribution >= 0.6 is 0 Å². The van der Waals surface area contributed by atoms with E-state index in [0.717, 1.165) is 17.7 Å². The highest BCUT2D eigenvalue weighted by Crippen LogP contribution is 2.29. The van der Waals surface area contributed by atoms with Gasteiger partial charge in [-0.05, 0) is 38.1 Å². The lowest BCUT2D eigenvalue weighted by molar-refractivity contribution is -0.137. The van der Waals surface area contributed by atoms with Gasteiger partial charge in [-0.3, -0.25) is 4.18 Å². The molecule has 0 aromatic heterocycles. The topological polar surface area (TPSA) is 43.4 Å². The molecule has 0 unspecified atom stereocenters. The second-order valence-corrected chi connectivity index (χ2v) is 5.66. The maximum absolute atomic E-state index is 12.3. The SMILES string of the molecule is CC(C)=CCOS(=O)(=O)c1ccc(C(F)(F)F)cc1. The molecule has 0 bridgehead atoms. The van der Waals surface area contributed by atoms with E-state index in [0.29, 0.717) is 12.1 Å². The minimum absolute atomic E-state index is 0.147. The van der Waals surface area contributed by atoms with Crippen molar-refractivity contribution < 1.29 is 25.8 Å². The molecule has 0 amide bonds. The summed E-state index contributed by atoms with van der Waals surface area (Å²) in [6, 6.07) is 3.16. The first-order valence-corrected chi connectivity index (χ1v) is 6.74. The second-order valence-electron chi connectivity index (χ2n) is 4.04. The van der Waals surface area contributed by atoms with E-state index in [1.54, 1.807) is 19.9 Å². The van der Waals surface area contributed by atoms with E-state index < -0.39 is 21.9 Å². The Balaban J connectivity index is 2.88. The zero-order valence-corrected chi connectivity index (χ0v) is 11.2. The zero-order chi connectivity index (χ0) is 14.7. The van der Waals surface area contributed by atoms with Crippen molar-refractivity contribution in [2.75, 3.05) is 6.61 Å². The van der Waals surface area contributed by atoms with Crippen molar-refractivity contribution >= 4 is 10.1 Å². The summed E-state index contributed by atoms with van der Waals surface area (Å²) >= 11 is 0. The fraction of sp³-hybridized carbons (Fsp3) is 0.333. The average Bonchev–Trinajstić information content (AvgIpc) is 2.27. The molecule has 0 saturated carbocycles. The minimum Gasteiger partial charge on any atom is -0.262 e. The maximum atomic E-state index is 12.3. The van der Waals surface area contributed by atoms with Gasteiger partial charge in [0.2, 0.25) is 0 Å². The molecule has 0 spiro atoms. The quantitative estimate of drug-likeness (QED) is 0.631. The van der Waals surface area contributed by atoms with Crippen LogP contribution in [0.1, 0.15) is 19.4 Å². The van der Waals surface area contributed by atoms with Gasteiger partial charge >= 0.3 is 6.18 Å². The third-order valence-corrected chi connectivity index (χ3v) is 3.48. The molecule has 0 aliphatic rings. The average molecular weight is 294 g/mol. The van der Waals surface area contributed by atoms with Crippen LogP contribution in [-0.4, -0.2) is 15.0 Å². The highest BCUT2D eigenvalue weighted by Gasteiger charge is 2.30. The zero-order valence-electron chi connectivity index (χ0n) is 10.4. The van der Waals surface area contributed by atoms with Gasteiger partial charge < -0.3 is 0 Å². The third kappa shape index (κ3) is 4.68. The van der Waals surface area contributed by atoms with Gasteiger partial charge in [-0.2, -0.15) is 21.6 Å². The number of halogens is 3. The minimum atomic E-state index is -4.49. The Morgan fingerprint density at radius 3 is 2.16 bits per heavy atom. The van der Waals surface area contributed by atoms with Gasteiger partial charge in [0, 0.05) is 0 Å². The van der Waals surface area contributed by atoms with Crippen LogP contribution in [-0.2, 0) is 20.5 Å². The number of hydrogen-bond acceptors (Lipinski definition) is 3. The van der Waals surface area contributed by atoms with Crippen molar-refractivity contribution in [3.63, 3.8) is 0 Å². The second kappa shape index (κ2) is 5.75. The van der Waals surface area contributed by atoms with Gasteiger partial charge in [-0.15, -0.1) is 0 Å². The molecule has 0 N–H and O–H groups in total. The van der Waals surface area contributed by atoms with Crippen molar-refractivity contribution in [3.8, 4) is 0 Å². The number of allylic oxidation sites excluding steroid dienone is 1. The molecule has 0 radical (unpaired) electrons. The Hall–Kier alpha value is -1.34. The lowest BCUT2D eigenvalue weighted by Gasteiger charge is -2.08. The van der Waals surface area contributed by atoms with Crippen LogP contribution in [0.4, 0.5) is 13.2 Å². The fourth-order valence-electron chi connectivity index (χ4n) is 1.17. The summed E-state index contributed by atoms with van der Waals surface area (Å²) in [7, 11) is -4.03. The lowest BCUT2D eigenvalue weighted by atomic mass is 10.2. The first-order chi connectivity index (χ1) is 8.63. The van der Waals surface area contributed by atoms with Gasteiger partial charge in [0.05, 0.1) is 17.1 Å². The molecule has 1 aromatic carbocycles. The van der Waals surface area contributed by atoms with Crippen LogP contribution in [0.5, 0.6) is 0 Å². The molecule has 0 saturated heterocycles. The third-order valence-electron chi connectivity index (χ3n) is 2.19. The van der Waals surface area contributed by atoms with E-state index in [1.807, 2.05) is 0 Å². The van der Waals surface area contributed by atoms with Crippen LogP contribution in [0.3, 0.4) is 0 Å². The molecular weight excluding hydrogens is 281 g/mol. The highest BCUT2D eigenvalue weighted by molar-refractivity contribution is 7.86. The smallest absolute Gasteiger partial charge is 0.262 e. The molecule has 0 heterocycles. The molecule has 0 aliphatic carbocycles. The first kappa shape index (κ1) is 15.7. The summed E-state index contributed by atoms with van der Waals surface area (Å²) in [4.78, 5) is -0.303. The summed E-state index contributed by atoms with van der Waals surface area (Å²) in [6.07, 6.45) is -2.94.